The van der Waals surface area contributed by atoms with Crippen molar-refractivity contribution in [2.45, 2.75) is 6.04 Å². The lowest BCUT2D eigenvalue weighted by molar-refractivity contribution is -0.122. The Hall–Kier alpha value is -4.49. The minimum atomic E-state index is -0.952. The van der Waals surface area contributed by atoms with Gasteiger partial charge in [0, 0.05) is 12.4 Å². The summed E-state index contributed by atoms with van der Waals surface area (Å²) in [4.78, 5) is 48.1. The molecule has 0 aliphatic carbocycles. The van der Waals surface area contributed by atoms with Crippen LogP contribution in [0.25, 0.3) is 22.0 Å². The highest BCUT2D eigenvalue weighted by molar-refractivity contribution is 7.10. The van der Waals surface area contributed by atoms with Gasteiger partial charge in [0.25, 0.3) is 5.56 Å². The number of nitrogens with one attached hydrogen (secondary N) is 4. The van der Waals surface area contributed by atoms with Crippen LogP contribution in [0, 0.1) is 12.3 Å². The zero-order valence-corrected chi connectivity index (χ0v) is 18.2. The molecule has 0 saturated heterocycles. The maximum Gasteiger partial charge on any atom is 0.321 e. The van der Waals surface area contributed by atoms with Gasteiger partial charge in [-0.3, -0.25) is 14.9 Å². The van der Waals surface area contributed by atoms with Crippen LogP contribution >= 0.6 is 11.3 Å². The number of H-pyrrole nitrogens is 1. The number of hydrogen-bond donors (Lipinski definition) is 4. The molecule has 0 aliphatic heterocycles. The molecule has 164 valence electrons. The SMILES string of the molecule is C#Cc1nc(NC(=O)N[C@@H](C(=O)NC)c2ccc(-c3cccc4nc[nH]c(=O)c34)cc2)cs1. The number of nitrogens with zero attached hydrogens (tertiary/aromatic N) is 2. The van der Waals surface area contributed by atoms with E-state index in [1.165, 1.54) is 24.7 Å². The first kappa shape index (κ1) is 21.7. The molecule has 0 aliphatic rings. The van der Waals surface area contributed by atoms with Crippen LogP contribution in [-0.4, -0.2) is 33.9 Å². The summed E-state index contributed by atoms with van der Waals surface area (Å²) in [5.74, 6) is 2.29. The highest BCUT2D eigenvalue weighted by atomic mass is 32.1. The van der Waals surface area contributed by atoms with Crippen molar-refractivity contribution < 1.29 is 9.59 Å². The fourth-order valence-corrected chi connectivity index (χ4v) is 3.89. The molecule has 0 saturated carbocycles. The molecule has 4 rings (SSSR count). The molecule has 4 aromatic rings. The number of urea groups is 1. The maximum atomic E-state index is 12.5. The van der Waals surface area contributed by atoms with Gasteiger partial charge in [0.1, 0.15) is 11.9 Å². The minimum Gasteiger partial charge on any atom is -0.357 e. The molecular weight excluding hydrogens is 440 g/mol. The summed E-state index contributed by atoms with van der Waals surface area (Å²) < 4.78 is 0. The van der Waals surface area contributed by atoms with E-state index in [0.717, 1.165) is 5.56 Å². The van der Waals surface area contributed by atoms with Crippen LogP contribution in [0.15, 0.2) is 59.0 Å². The lowest BCUT2D eigenvalue weighted by Crippen LogP contribution is -2.41. The van der Waals surface area contributed by atoms with Crippen molar-refractivity contribution in [1.82, 2.24) is 25.6 Å². The van der Waals surface area contributed by atoms with E-state index in [4.69, 9.17) is 6.42 Å². The van der Waals surface area contributed by atoms with Crippen molar-refractivity contribution in [3.8, 4) is 23.5 Å². The predicted molar refractivity (Wildman–Crippen MR) is 127 cm³/mol. The number of benzene rings is 2. The molecule has 0 spiro atoms. The topological polar surface area (TPSA) is 129 Å². The lowest BCUT2D eigenvalue weighted by Gasteiger charge is -2.18. The number of carbonyl (C=O) groups is 2. The third kappa shape index (κ3) is 4.58. The van der Waals surface area contributed by atoms with Gasteiger partial charge in [-0.15, -0.1) is 17.8 Å². The van der Waals surface area contributed by atoms with Crippen LogP contribution in [0.2, 0.25) is 0 Å². The highest BCUT2D eigenvalue weighted by Crippen LogP contribution is 2.27. The van der Waals surface area contributed by atoms with Gasteiger partial charge in [0.15, 0.2) is 5.01 Å². The monoisotopic (exact) mass is 458 g/mol. The number of terminal acetylenes is 1. The zero-order valence-electron chi connectivity index (χ0n) is 17.4. The summed E-state index contributed by atoms with van der Waals surface area (Å²) in [5, 5.41) is 10.3. The Morgan fingerprint density at radius 3 is 2.67 bits per heavy atom. The molecule has 2 aromatic carbocycles. The molecule has 1 atom stereocenters. The van der Waals surface area contributed by atoms with Crippen molar-refractivity contribution in [3.05, 3.63) is 75.1 Å². The largest absolute Gasteiger partial charge is 0.357 e. The highest BCUT2D eigenvalue weighted by Gasteiger charge is 2.22. The standard InChI is InChI=1S/C23H18N6O3S/c1-3-18-27-17(11-33-18)28-23(32)29-20(22(31)24-2)14-9-7-13(8-10-14)15-5-4-6-16-19(15)21(30)26-12-25-16/h1,4-12,20H,2H3,(H,24,31)(H,25,26,30)(H2,28,29,32)/t20-/m1/s1. The number of likely N-dealkylation sites (N-methyl/N-ethyl adjacent to an activating group) is 1. The summed E-state index contributed by atoms with van der Waals surface area (Å²) >= 11 is 1.22. The molecule has 2 aromatic heterocycles. The number of hydrogen-bond acceptors (Lipinski definition) is 6. The molecule has 0 fully saturated rings. The minimum absolute atomic E-state index is 0.240. The van der Waals surface area contributed by atoms with E-state index >= 15 is 0 Å². The Labute approximate surface area is 192 Å². The van der Waals surface area contributed by atoms with Crippen LogP contribution in [0.1, 0.15) is 16.6 Å². The number of amides is 3. The van der Waals surface area contributed by atoms with Gasteiger partial charge < -0.3 is 15.6 Å². The van der Waals surface area contributed by atoms with E-state index in [1.54, 1.807) is 35.7 Å². The number of carbonyl (C=O) groups excluding carboxylic acids is 2. The number of anilines is 1. The molecule has 10 heteroatoms. The van der Waals surface area contributed by atoms with Gasteiger partial charge in [-0.2, -0.15) is 0 Å². The van der Waals surface area contributed by atoms with Crippen molar-refractivity contribution in [1.29, 1.82) is 0 Å². The smallest absolute Gasteiger partial charge is 0.321 e. The quantitative estimate of drug-likeness (QED) is 0.342. The third-order valence-corrected chi connectivity index (χ3v) is 5.65. The lowest BCUT2D eigenvalue weighted by atomic mass is 9.98. The van der Waals surface area contributed by atoms with Crippen LogP contribution in [-0.2, 0) is 4.79 Å². The number of rotatable bonds is 5. The van der Waals surface area contributed by atoms with E-state index in [1.807, 2.05) is 12.1 Å². The molecule has 9 nitrogen and oxygen atoms in total. The first-order valence-corrected chi connectivity index (χ1v) is 10.7. The number of fused-ring (bicyclic) bond motifs is 1. The second kappa shape index (κ2) is 9.33. The predicted octanol–water partition coefficient (Wildman–Crippen LogP) is 2.64. The number of thiazole rings is 1. The van der Waals surface area contributed by atoms with Gasteiger partial charge in [-0.05, 0) is 28.7 Å². The molecule has 3 amide bonds. The normalized spacial score (nSPS) is 11.4. The first-order chi connectivity index (χ1) is 16.0. The van der Waals surface area contributed by atoms with Gasteiger partial charge in [0.05, 0.1) is 17.2 Å². The van der Waals surface area contributed by atoms with E-state index in [9.17, 15) is 14.4 Å². The number of aromatic nitrogens is 3. The Morgan fingerprint density at radius 2 is 1.97 bits per heavy atom. The Morgan fingerprint density at radius 1 is 1.18 bits per heavy atom. The average molecular weight is 459 g/mol. The van der Waals surface area contributed by atoms with E-state index in [0.29, 0.717) is 32.9 Å². The van der Waals surface area contributed by atoms with E-state index in [-0.39, 0.29) is 5.56 Å². The summed E-state index contributed by atoms with van der Waals surface area (Å²) in [5.41, 5.74) is 2.38. The maximum absolute atomic E-state index is 12.5. The molecule has 4 N–H and O–H groups in total. The van der Waals surface area contributed by atoms with Crippen molar-refractivity contribution in [3.63, 3.8) is 0 Å². The number of aromatic amines is 1. The first-order valence-electron chi connectivity index (χ1n) is 9.78. The Balaban J connectivity index is 1.60. The summed E-state index contributed by atoms with van der Waals surface area (Å²) in [6, 6.07) is 10.9. The van der Waals surface area contributed by atoms with Crippen LogP contribution in [0.4, 0.5) is 10.6 Å². The second-order valence-corrected chi connectivity index (χ2v) is 7.74. The van der Waals surface area contributed by atoms with Crippen molar-refractivity contribution in [2.75, 3.05) is 12.4 Å². The Bertz CT molecular complexity index is 1430. The van der Waals surface area contributed by atoms with Crippen LogP contribution in [0.5, 0.6) is 0 Å². The summed E-state index contributed by atoms with van der Waals surface area (Å²) in [6.07, 6.45) is 6.66. The third-order valence-electron chi connectivity index (χ3n) is 4.88. The second-order valence-electron chi connectivity index (χ2n) is 6.88. The summed E-state index contributed by atoms with van der Waals surface area (Å²) in [7, 11) is 1.48. The fourth-order valence-electron chi connectivity index (χ4n) is 3.34. The molecule has 2 heterocycles. The van der Waals surface area contributed by atoms with Crippen LogP contribution < -0.4 is 21.5 Å². The van der Waals surface area contributed by atoms with Crippen molar-refractivity contribution in [2.24, 2.45) is 0 Å². The average Bonchev–Trinajstić information content (AvgIpc) is 3.29. The molecule has 0 radical (unpaired) electrons. The molecule has 0 unspecified atom stereocenters. The van der Waals surface area contributed by atoms with E-state index in [2.05, 4.69) is 36.8 Å². The molecule has 0 bridgehead atoms. The van der Waals surface area contributed by atoms with E-state index < -0.39 is 18.0 Å². The van der Waals surface area contributed by atoms with Gasteiger partial charge in [-0.25, -0.2) is 14.8 Å². The molecular formula is C23H18N6O3S. The Kier molecular flexibility index (Phi) is 6.15. The van der Waals surface area contributed by atoms with Crippen LogP contribution in [0.3, 0.4) is 0 Å². The zero-order chi connectivity index (χ0) is 23.4. The van der Waals surface area contributed by atoms with Gasteiger partial charge in [0.2, 0.25) is 5.91 Å². The summed E-state index contributed by atoms with van der Waals surface area (Å²) in [6.45, 7) is 0. The van der Waals surface area contributed by atoms with Gasteiger partial charge in [-0.1, -0.05) is 36.4 Å². The molecule has 33 heavy (non-hydrogen) atoms. The van der Waals surface area contributed by atoms with Crippen molar-refractivity contribution >= 4 is 40.0 Å². The van der Waals surface area contributed by atoms with Gasteiger partial charge >= 0.3 is 6.03 Å². The fraction of sp³-hybridized carbons (Fsp3) is 0.0870.